The van der Waals surface area contributed by atoms with E-state index in [1.165, 1.54) is 33.8 Å². The number of nitrogens with zero attached hydrogens (tertiary/aromatic N) is 2. The van der Waals surface area contributed by atoms with Gasteiger partial charge in [0.05, 0.1) is 29.2 Å². The molecule has 1 aliphatic heterocycles. The summed E-state index contributed by atoms with van der Waals surface area (Å²) in [6.07, 6.45) is 0.0883. The molecule has 1 atom stereocenters. The lowest BCUT2D eigenvalue weighted by Crippen LogP contribution is -2.43. The maximum Gasteiger partial charge on any atom is 0.235 e. The monoisotopic (exact) mass is 356 g/mol. The average molecular weight is 356 g/mol. The van der Waals surface area contributed by atoms with Gasteiger partial charge in [0.1, 0.15) is 17.7 Å². The normalized spacial score (nSPS) is 17.7. The van der Waals surface area contributed by atoms with Gasteiger partial charge in [0.2, 0.25) is 10.0 Å². The SMILES string of the molecule is Cc1ncsc1CCS(=O)(=O)N1C[C@H](C)Oc2cc(F)ccc21. The second-order valence-corrected chi connectivity index (χ2v) is 8.45. The lowest BCUT2D eigenvalue weighted by molar-refractivity contribution is 0.218. The fraction of sp³-hybridized carbons (Fsp3) is 0.400. The van der Waals surface area contributed by atoms with Crippen LogP contribution in [0, 0.1) is 12.7 Å². The van der Waals surface area contributed by atoms with Gasteiger partial charge in [-0.3, -0.25) is 4.31 Å². The van der Waals surface area contributed by atoms with Gasteiger partial charge in [0.25, 0.3) is 0 Å². The molecular weight excluding hydrogens is 339 g/mol. The summed E-state index contributed by atoms with van der Waals surface area (Å²) < 4.78 is 45.7. The van der Waals surface area contributed by atoms with Crippen molar-refractivity contribution in [2.24, 2.45) is 0 Å². The van der Waals surface area contributed by atoms with E-state index in [1.807, 2.05) is 6.92 Å². The molecule has 1 aromatic carbocycles. The summed E-state index contributed by atoms with van der Waals surface area (Å²) >= 11 is 1.46. The molecule has 0 N–H and O–H groups in total. The quantitative estimate of drug-likeness (QED) is 0.845. The Morgan fingerprint density at radius 1 is 1.48 bits per heavy atom. The third-order valence-corrected chi connectivity index (χ3v) is 6.44. The molecule has 23 heavy (non-hydrogen) atoms. The molecular formula is C15H17FN2O3S2. The molecule has 0 aliphatic carbocycles. The van der Waals surface area contributed by atoms with Gasteiger partial charge in [-0.15, -0.1) is 11.3 Å². The maximum atomic E-state index is 13.4. The van der Waals surface area contributed by atoms with E-state index < -0.39 is 15.8 Å². The van der Waals surface area contributed by atoms with Crippen molar-refractivity contribution in [2.75, 3.05) is 16.6 Å². The fourth-order valence-electron chi connectivity index (χ4n) is 2.54. The minimum absolute atomic E-state index is 0.0143. The van der Waals surface area contributed by atoms with Gasteiger partial charge in [-0.05, 0) is 32.4 Å². The van der Waals surface area contributed by atoms with E-state index in [1.54, 1.807) is 12.4 Å². The zero-order valence-corrected chi connectivity index (χ0v) is 14.5. The van der Waals surface area contributed by atoms with E-state index in [-0.39, 0.29) is 24.2 Å². The van der Waals surface area contributed by atoms with Crippen molar-refractivity contribution in [3.63, 3.8) is 0 Å². The van der Waals surface area contributed by atoms with Crippen molar-refractivity contribution >= 4 is 27.0 Å². The molecule has 1 aliphatic rings. The number of aryl methyl sites for hydroxylation is 2. The molecule has 0 unspecified atom stereocenters. The van der Waals surface area contributed by atoms with E-state index in [2.05, 4.69) is 4.98 Å². The largest absolute Gasteiger partial charge is 0.487 e. The lowest BCUT2D eigenvalue weighted by Gasteiger charge is -2.34. The number of hydrogen-bond acceptors (Lipinski definition) is 5. The minimum Gasteiger partial charge on any atom is -0.487 e. The first-order valence-corrected chi connectivity index (χ1v) is 9.71. The van der Waals surface area contributed by atoms with Crippen molar-refractivity contribution < 1.29 is 17.5 Å². The van der Waals surface area contributed by atoms with Crippen molar-refractivity contribution in [1.82, 2.24) is 4.98 Å². The van der Waals surface area contributed by atoms with Crippen molar-refractivity contribution in [2.45, 2.75) is 26.4 Å². The molecule has 0 saturated carbocycles. The predicted molar refractivity (Wildman–Crippen MR) is 88.2 cm³/mol. The smallest absolute Gasteiger partial charge is 0.235 e. The molecule has 8 heteroatoms. The molecule has 2 heterocycles. The number of fused-ring (bicyclic) bond motifs is 1. The number of rotatable bonds is 4. The predicted octanol–water partition coefficient (Wildman–Crippen LogP) is 2.75. The zero-order chi connectivity index (χ0) is 16.6. The number of anilines is 1. The standard InChI is InChI=1S/C15H17FN2O3S2/c1-10-8-18(13-4-3-12(16)7-14(13)21-10)23(19,20)6-5-15-11(2)17-9-22-15/h3-4,7,9-10H,5-6,8H2,1-2H3/t10-/m0/s1. The van der Waals surface area contributed by atoms with Crippen LogP contribution < -0.4 is 9.04 Å². The first-order valence-electron chi connectivity index (χ1n) is 7.22. The van der Waals surface area contributed by atoms with Crippen LogP contribution in [0.3, 0.4) is 0 Å². The molecule has 0 fully saturated rings. The van der Waals surface area contributed by atoms with Crippen LogP contribution >= 0.6 is 11.3 Å². The van der Waals surface area contributed by atoms with Gasteiger partial charge in [-0.1, -0.05) is 0 Å². The van der Waals surface area contributed by atoms with Gasteiger partial charge in [0, 0.05) is 10.9 Å². The average Bonchev–Trinajstić information content (AvgIpc) is 2.89. The third kappa shape index (κ3) is 3.32. The van der Waals surface area contributed by atoms with Gasteiger partial charge >= 0.3 is 0 Å². The van der Waals surface area contributed by atoms with E-state index in [4.69, 9.17) is 4.74 Å². The number of hydrogen-bond donors (Lipinski definition) is 0. The minimum atomic E-state index is -3.53. The molecule has 1 aromatic heterocycles. The molecule has 124 valence electrons. The highest BCUT2D eigenvalue weighted by Crippen LogP contribution is 2.36. The van der Waals surface area contributed by atoms with Crippen LogP contribution in [0.25, 0.3) is 0 Å². The summed E-state index contributed by atoms with van der Waals surface area (Å²) in [5, 5.41) is 0. The number of benzene rings is 1. The Labute approximate surface area is 138 Å². The number of sulfonamides is 1. The van der Waals surface area contributed by atoms with Crippen LogP contribution in [0.1, 0.15) is 17.5 Å². The van der Waals surface area contributed by atoms with Crippen LogP contribution in [-0.4, -0.2) is 31.8 Å². The topological polar surface area (TPSA) is 59.5 Å². The second kappa shape index (κ2) is 6.09. The molecule has 0 saturated heterocycles. The van der Waals surface area contributed by atoms with Crippen LogP contribution in [-0.2, 0) is 16.4 Å². The molecule has 0 amide bonds. The Bertz CT molecular complexity index is 820. The Kier molecular flexibility index (Phi) is 4.29. The first kappa shape index (κ1) is 16.2. The van der Waals surface area contributed by atoms with Crippen LogP contribution in [0.15, 0.2) is 23.7 Å². The van der Waals surface area contributed by atoms with Crippen LogP contribution in [0.2, 0.25) is 0 Å². The van der Waals surface area contributed by atoms with Crippen molar-refractivity contribution in [3.8, 4) is 5.75 Å². The molecule has 0 bridgehead atoms. The van der Waals surface area contributed by atoms with Crippen molar-refractivity contribution in [3.05, 3.63) is 40.1 Å². The van der Waals surface area contributed by atoms with E-state index in [9.17, 15) is 12.8 Å². The summed E-state index contributed by atoms with van der Waals surface area (Å²) in [7, 11) is -3.53. The Hall–Kier alpha value is -1.67. The molecule has 3 rings (SSSR count). The second-order valence-electron chi connectivity index (χ2n) is 5.50. The zero-order valence-electron chi connectivity index (χ0n) is 12.8. The number of aromatic nitrogens is 1. The summed E-state index contributed by atoms with van der Waals surface area (Å²) in [4.78, 5) is 5.10. The summed E-state index contributed by atoms with van der Waals surface area (Å²) in [6.45, 7) is 3.86. The molecule has 5 nitrogen and oxygen atoms in total. The lowest BCUT2D eigenvalue weighted by atomic mass is 10.2. The van der Waals surface area contributed by atoms with E-state index in [0.717, 1.165) is 10.6 Å². The summed E-state index contributed by atoms with van der Waals surface area (Å²) in [5.74, 6) is -0.198. The summed E-state index contributed by atoms with van der Waals surface area (Å²) in [6, 6.07) is 3.92. The summed E-state index contributed by atoms with van der Waals surface area (Å²) in [5.41, 5.74) is 2.97. The fourth-order valence-corrected chi connectivity index (χ4v) is 5.02. The van der Waals surface area contributed by atoms with Gasteiger partial charge in [-0.25, -0.2) is 17.8 Å². The Morgan fingerprint density at radius 3 is 2.96 bits per heavy atom. The highest BCUT2D eigenvalue weighted by atomic mass is 32.2. The highest BCUT2D eigenvalue weighted by Gasteiger charge is 2.31. The van der Waals surface area contributed by atoms with Crippen LogP contribution in [0.5, 0.6) is 5.75 Å². The molecule has 0 spiro atoms. The Balaban J connectivity index is 1.86. The first-order chi connectivity index (χ1) is 10.9. The van der Waals surface area contributed by atoms with Crippen LogP contribution in [0.4, 0.5) is 10.1 Å². The molecule has 0 radical (unpaired) electrons. The van der Waals surface area contributed by atoms with Gasteiger partial charge in [0.15, 0.2) is 0 Å². The third-order valence-electron chi connectivity index (χ3n) is 3.71. The molecule has 2 aromatic rings. The maximum absolute atomic E-state index is 13.4. The highest BCUT2D eigenvalue weighted by molar-refractivity contribution is 7.92. The van der Waals surface area contributed by atoms with E-state index in [0.29, 0.717) is 12.1 Å². The van der Waals surface area contributed by atoms with Gasteiger partial charge in [-0.2, -0.15) is 0 Å². The number of ether oxygens (including phenoxy) is 1. The van der Waals surface area contributed by atoms with Crippen molar-refractivity contribution in [1.29, 1.82) is 0 Å². The Morgan fingerprint density at radius 2 is 2.26 bits per heavy atom. The van der Waals surface area contributed by atoms with Gasteiger partial charge < -0.3 is 4.74 Å². The number of thiazole rings is 1. The van der Waals surface area contributed by atoms with E-state index >= 15 is 0 Å². The number of halogens is 1.